The van der Waals surface area contributed by atoms with Gasteiger partial charge in [-0.2, -0.15) is 0 Å². The highest BCUT2D eigenvalue weighted by Gasteiger charge is 2.24. The highest BCUT2D eigenvalue weighted by molar-refractivity contribution is 5.85. The second-order valence-corrected chi connectivity index (χ2v) is 6.90. The van der Waals surface area contributed by atoms with Gasteiger partial charge in [0.1, 0.15) is 0 Å². The van der Waals surface area contributed by atoms with Crippen LogP contribution in [-0.2, 0) is 0 Å². The minimum atomic E-state index is -1.05. The fourth-order valence-electron chi connectivity index (χ4n) is 3.33. The number of piperidine rings is 1. The molecule has 0 aliphatic carbocycles. The molecule has 2 N–H and O–H groups in total. The van der Waals surface area contributed by atoms with Crippen molar-refractivity contribution in [3.8, 4) is 0 Å². The predicted octanol–water partition coefficient (Wildman–Crippen LogP) is 2.31. The van der Waals surface area contributed by atoms with Gasteiger partial charge in [0.05, 0.1) is 0 Å². The van der Waals surface area contributed by atoms with Gasteiger partial charge in [-0.15, -0.1) is 10.2 Å². The number of rotatable bonds is 7. The summed E-state index contributed by atoms with van der Waals surface area (Å²) in [5, 5.41) is 21.0. The van der Waals surface area contributed by atoms with Crippen LogP contribution >= 0.6 is 0 Å². The normalized spacial score (nSPS) is 15.5. The molecule has 26 heavy (non-hydrogen) atoms. The number of nitrogens with zero attached hydrogens (tertiary/aromatic N) is 6. The molecule has 2 aromatic heterocycles. The fraction of sp³-hybridized carbons (Fsp3) is 0.647. The van der Waals surface area contributed by atoms with Crippen molar-refractivity contribution >= 4 is 23.5 Å². The molecule has 0 aromatic carbocycles. The minimum absolute atomic E-state index is 0.242. The average molecular weight is 361 g/mol. The van der Waals surface area contributed by atoms with E-state index in [1.54, 1.807) is 30.6 Å². The van der Waals surface area contributed by atoms with Gasteiger partial charge in [-0.25, -0.2) is 14.7 Å². The number of nitrogens with one attached hydrogen (secondary N) is 1. The molecule has 3 rings (SSSR count). The van der Waals surface area contributed by atoms with Crippen LogP contribution in [0.4, 0.5) is 16.6 Å². The van der Waals surface area contributed by atoms with Crippen LogP contribution < -0.4 is 10.2 Å². The fourth-order valence-corrected chi connectivity index (χ4v) is 3.33. The summed E-state index contributed by atoms with van der Waals surface area (Å²) >= 11 is 0. The molecular weight excluding hydrogens is 334 g/mol. The Morgan fingerprint density at radius 1 is 1.31 bits per heavy atom. The summed E-state index contributed by atoms with van der Waals surface area (Å²) in [6.07, 6.45) is 7.23. The van der Waals surface area contributed by atoms with E-state index in [-0.39, 0.29) is 12.0 Å². The lowest BCUT2D eigenvalue weighted by molar-refractivity contribution is 0.199. The van der Waals surface area contributed by atoms with Gasteiger partial charge in [-0.3, -0.25) is 4.40 Å². The lowest BCUT2D eigenvalue weighted by Gasteiger charge is -2.26. The van der Waals surface area contributed by atoms with Crippen molar-refractivity contribution in [2.45, 2.75) is 45.6 Å². The largest absolute Gasteiger partial charge is 0.465 e. The van der Waals surface area contributed by atoms with Crippen LogP contribution in [0, 0.1) is 0 Å². The molecule has 142 valence electrons. The van der Waals surface area contributed by atoms with E-state index in [2.05, 4.69) is 25.4 Å². The first kappa shape index (κ1) is 18.4. The molecule has 0 spiro atoms. The van der Waals surface area contributed by atoms with Gasteiger partial charge < -0.3 is 15.3 Å². The standard InChI is InChI=1S/C17H27N7O2/c1-13(2)24(17(25)26)16-21-20-15-14(19-8-12-23(15)16)18-7-6-11-22-9-4-3-5-10-22/h8,12-13H,3-7,9-11H2,1-2H3,(H,18,19)(H,25,26). The first-order valence-electron chi connectivity index (χ1n) is 9.26. The Bertz CT molecular complexity index is 740. The molecular formula is C17H27N7O2. The van der Waals surface area contributed by atoms with Crippen LogP contribution in [0.2, 0.25) is 0 Å². The maximum atomic E-state index is 11.5. The second-order valence-electron chi connectivity index (χ2n) is 6.90. The Balaban J connectivity index is 1.67. The highest BCUT2D eigenvalue weighted by atomic mass is 16.4. The van der Waals surface area contributed by atoms with Crippen molar-refractivity contribution in [2.75, 3.05) is 36.4 Å². The maximum absolute atomic E-state index is 11.5. The van der Waals surface area contributed by atoms with Gasteiger partial charge in [0.25, 0.3) is 0 Å². The Morgan fingerprint density at radius 2 is 2.08 bits per heavy atom. The zero-order valence-electron chi connectivity index (χ0n) is 15.4. The Morgan fingerprint density at radius 3 is 2.77 bits per heavy atom. The minimum Gasteiger partial charge on any atom is -0.465 e. The second kappa shape index (κ2) is 8.31. The third-order valence-corrected chi connectivity index (χ3v) is 4.64. The van der Waals surface area contributed by atoms with E-state index in [1.807, 2.05) is 0 Å². The summed E-state index contributed by atoms with van der Waals surface area (Å²) in [6.45, 7) is 7.86. The number of carboxylic acid groups (broad SMARTS) is 1. The predicted molar refractivity (Wildman–Crippen MR) is 99.8 cm³/mol. The average Bonchev–Trinajstić information content (AvgIpc) is 3.03. The van der Waals surface area contributed by atoms with Crippen LogP contribution in [0.15, 0.2) is 12.4 Å². The molecule has 1 amide bonds. The van der Waals surface area contributed by atoms with Crippen molar-refractivity contribution in [3.05, 3.63) is 12.4 Å². The molecule has 0 radical (unpaired) electrons. The highest BCUT2D eigenvalue weighted by Crippen LogP contribution is 2.20. The number of hydrogen-bond acceptors (Lipinski definition) is 6. The Labute approximate surface area is 153 Å². The Kier molecular flexibility index (Phi) is 5.87. The molecule has 1 aliphatic rings. The topological polar surface area (TPSA) is 98.9 Å². The van der Waals surface area contributed by atoms with E-state index in [4.69, 9.17) is 0 Å². The van der Waals surface area contributed by atoms with E-state index in [9.17, 15) is 9.90 Å². The molecule has 9 nitrogen and oxygen atoms in total. The molecule has 0 bridgehead atoms. The van der Waals surface area contributed by atoms with E-state index in [0.29, 0.717) is 11.5 Å². The van der Waals surface area contributed by atoms with Crippen molar-refractivity contribution < 1.29 is 9.90 Å². The van der Waals surface area contributed by atoms with Gasteiger partial charge in [0, 0.05) is 25.0 Å². The first-order chi connectivity index (χ1) is 12.6. The van der Waals surface area contributed by atoms with E-state index >= 15 is 0 Å². The van der Waals surface area contributed by atoms with Crippen LogP contribution in [0.5, 0.6) is 0 Å². The van der Waals surface area contributed by atoms with Gasteiger partial charge in [-0.05, 0) is 52.7 Å². The van der Waals surface area contributed by atoms with E-state index in [1.165, 1.54) is 37.3 Å². The van der Waals surface area contributed by atoms with Crippen LogP contribution in [-0.4, -0.2) is 67.9 Å². The molecule has 1 saturated heterocycles. The van der Waals surface area contributed by atoms with Crippen molar-refractivity contribution in [2.24, 2.45) is 0 Å². The zero-order chi connectivity index (χ0) is 18.5. The number of hydrogen-bond donors (Lipinski definition) is 2. The number of anilines is 2. The van der Waals surface area contributed by atoms with Crippen LogP contribution in [0.1, 0.15) is 39.5 Å². The molecule has 0 atom stereocenters. The summed E-state index contributed by atoms with van der Waals surface area (Å²) < 4.78 is 1.66. The van der Waals surface area contributed by atoms with Gasteiger partial charge in [-0.1, -0.05) is 6.42 Å². The van der Waals surface area contributed by atoms with Crippen molar-refractivity contribution in [1.29, 1.82) is 0 Å². The number of carbonyl (C=O) groups is 1. The van der Waals surface area contributed by atoms with Gasteiger partial charge >= 0.3 is 6.09 Å². The number of likely N-dealkylation sites (tertiary alicyclic amines) is 1. The van der Waals surface area contributed by atoms with E-state index < -0.39 is 6.09 Å². The van der Waals surface area contributed by atoms with Crippen molar-refractivity contribution in [1.82, 2.24) is 24.5 Å². The lowest BCUT2D eigenvalue weighted by Crippen LogP contribution is -2.37. The zero-order valence-corrected chi connectivity index (χ0v) is 15.4. The number of amides is 1. The van der Waals surface area contributed by atoms with Crippen LogP contribution in [0.25, 0.3) is 5.65 Å². The van der Waals surface area contributed by atoms with Gasteiger partial charge in [0.15, 0.2) is 5.82 Å². The third-order valence-electron chi connectivity index (χ3n) is 4.64. The molecule has 3 heterocycles. The van der Waals surface area contributed by atoms with Crippen LogP contribution in [0.3, 0.4) is 0 Å². The van der Waals surface area contributed by atoms with Crippen molar-refractivity contribution in [3.63, 3.8) is 0 Å². The molecule has 1 aliphatic heterocycles. The summed E-state index contributed by atoms with van der Waals surface area (Å²) in [7, 11) is 0. The third kappa shape index (κ3) is 4.04. The monoisotopic (exact) mass is 361 g/mol. The first-order valence-corrected chi connectivity index (χ1v) is 9.26. The smallest absolute Gasteiger partial charge is 0.414 e. The molecule has 0 saturated carbocycles. The molecule has 9 heteroatoms. The summed E-state index contributed by atoms with van der Waals surface area (Å²) in [4.78, 5) is 19.6. The molecule has 2 aromatic rings. The summed E-state index contributed by atoms with van der Waals surface area (Å²) in [6, 6.07) is -0.242. The lowest BCUT2D eigenvalue weighted by atomic mass is 10.1. The maximum Gasteiger partial charge on any atom is 0.414 e. The molecule has 0 unspecified atom stereocenters. The van der Waals surface area contributed by atoms with Gasteiger partial charge in [0.2, 0.25) is 11.6 Å². The summed E-state index contributed by atoms with van der Waals surface area (Å²) in [5.41, 5.74) is 0.535. The molecule has 1 fully saturated rings. The quantitative estimate of drug-likeness (QED) is 0.730. The SMILES string of the molecule is CC(C)N(C(=O)O)c1nnc2c(NCCCN3CCCCC3)nccn12. The number of fused-ring (bicyclic) bond motifs is 1. The van der Waals surface area contributed by atoms with E-state index in [0.717, 1.165) is 19.5 Å². The number of aromatic nitrogens is 4. The Hall–Kier alpha value is -2.42. The summed E-state index contributed by atoms with van der Waals surface area (Å²) in [5.74, 6) is 0.903.